The Morgan fingerprint density at radius 1 is 1.28 bits per heavy atom. The van der Waals surface area contributed by atoms with Crippen molar-refractivity contribution >= 4 is 5.82 Å². The first kappa shape index (κ1) is 17.6. The maximum Gasteiger partial charge on any atom is 0.433 e. The number of pyridine rings is 1. The summed E-state index contributed by atoms with van der Waals surface area (Å²) in [5.41, 5.74) is 5.69. The van der Waals surface area contributed by atoms with Crippen LogP contribution in [0, 0.1) is 0 Å². The maximum absolute atomic E-state index is 13.1. The average molecular weight is 352 g/mol. The molecule has 3 N–H and O–H groups in total. The van der Waals surface area contributed by atoms with Gasteiger partial charge in [-0.15, -0.1) is 0 Å². The Balaban J connectivity index is 1.71. The van der Waals surface area contributed by atoms with Crippen LogP contribution in [0.4, 0.5) is 19.0 Å². The van der Waals surface area contributed by atoms with Crippen molar-refractivity contribution in [1.82, 2.24) is 25.8 Å². The highest BCUT2D eigenvalue weighted by Crippen LogP contribution is 2.30. The number of rotatable bonds is 6. The van der Waals surface area contributed by atoms with Gasteiger partial charge in [-0.05, 0) is 31.4 Å². The molecule has 0 radical (unpaired) electrons. The molecule has 3 heterocycles. The van der Waals surface area contributed by atoms with Crippen LogP contribution in [0.2, 0.25) is 0 Å². The second-order valence-corrected chi connectivity index (χ2v) is 5.83. The highest BCUT2D eigenvalue weighted by atomic mass is 19.4. The van der Waals surface area contributed by atoms with E-state index in [2.05, 4.69) is 31.1 Å². The van der Waals surface area contributed by atoms with Crippen molar-refractivity contribution < 1.29 is 13.2 Å². The van der Waals surface area contributed by atoms with Gasteiger partial charge in [-0.25, -0.2) is 9.97 Å². The summed E-state index contributed by atoms with van der Waals surface area (Å²) in [5.74, 6) is 0.172. The molecule has 6 nitrogen and oxygen atoms in total. The largest absolute Gasteiger partial charge is 0.433 e. The first-order chi connectivity index (χ1) is 12.0. The van der Waals surface area contributed by atoms with Gasteiger partial charge in [0.15, 0.2) is 11.5 Å². The van der Waals surface area contributed by atoms with Crippen LogP contribution >= 0.6 is 0 Å². The minimum Gasteiger partial charge on any atom is -0.370 e. The van der Waals surface area contributed by atoms with E-state index >= 15 is 0 Å². The molecular weight excluding hydrogens is 333 g/mol. The molecular formula is C16H19F3N6. The molecule has 1 saturated heterocycles. The van der Waals surface area contributed by atoms with Crippen LogP contribution in [0.1, 0.15) is 25.0 Å². The number of nitrogens with one attached hydrogen (secondary N) is 3. The molecule has 1 fully saturated rings. The van der Waals surface area contributed by atoms with Crippen LogP contribution in [0.25, 0.3) is 11.4 Å². The van der Waals surface area contributed by atoms with Gasteiger partial charge in [0, 0.05) is 43.2 Å². The van der Waals surface area contributed by atoms with Gasteiger partial charge in [0.2, 0.25) is 0 Å². The Hall–Kier alpha value is -2.26. The zero-order valence-electron chi connectivity index (χ0n) is 13.5. The monoisotopic (exact) mass is 352 g/mol. The lowest BCUT2D eigenvalue weighted by Crippen LogP contribution is -2.30. The fourth-order valence-electron chi connectivity index (χ4n) is 2.62. The van der Waals surface area contributed by atoms with E-state index in [0.717, 1.165) is 31.9 Å². The van der Waals surface area contributed by atoms with Crippen molar-refractivity contribution in [3.63, 3.8) is 0 Å². The number of aromatic nitrogens is 3. The Morgan fingerprint density at radius 2 is 2.16 bits per heavy atom. The summed E-state index contributed by atoms with van der Waals surface area (Å²) in [7, 11) is 0. The Morgan fingerprint density at radius 3 is 2.84 bits per heavy atom. The molecule has 25 heavy (non-hydrogen) atoms. The van der Waals surface area contributed by atoms with Gasteiger partial charge < -0.3 is 5.32 Å². The lowest BCUT2D eigenvalue weighted by molar-refractivity contribution is -0.141. The van der Waals surface area contributed by atoms with E-state index in [1.807, 2.05) is 0 Å². The SMILES string of the molecule is FC(F)(F)c1cc(NCCCC2CCNN2)nc(-c2cccnc2)n1. The van der Waals surface area contributed by atoms with Crippen molar-refractivity contribution in [1.29, 1.82) is 0 Å². The summed E-state index contributed by atoms with van der Waals surface area (Å²) < 4.78 is 39.3. The van der Waals surface area contributed by atoms with Crippen LogP contribution in [0.5, 0.6) is 0 Å². The van der Waals surface area contributed by atoms with E-state index in [9.17, 15) is 13.2 Å². The summed E-state index contributed by atoms with van der Waals surface area (Å²) in [6, 6.07) is 4.61. The molecule has 1 unspecified atom stereocenters. The second-order valence-electron chi connectivity index (χ2n) is 5.83. The molecule has 0 aliphatic carbocycles. The topological polar surface area (TPSA) is 74.8 Å². The molecule has 1 aliphatic rings. The number of anilines is 1. The fourth-order valence-corrected chi connectivity index (χ4v) is 2.62. The summed E-state index contributed by atoms with van der Waals surface area (Å²) in [6.45, 7) is 1.48. The van der Waals surface area contributed by atoms with E-state index in [1.165, 1.54) is 6.20 Å². The van der Waals surface area contributed by atoms with Crippen LogP contribution < -0.4 is 16.2 Å². The van der Waals surface area contributed by atoms with Gasteiger partial charge in [-0.3, -0.25) is 15.8 Å². The zero-order chi connectivity index (χ0) is 17.7. The molecule has 2 aromatic heterocycles. The van der Waals surface area contributed by atoms with E-state index in [4.69, 9.17) is 0 Å². The molecule has 1 aliphatic heterocycles. The number of halogens is 3. The van der Waals surface area contributed by atoms with Crippen LogP contribution in [-0.4, -0.2) is 34.1 Å². The minimum absolute atomic E-state index is 0.00656. The predicted octanol–water partition coefficient (Wildman–Crippen LogP) is 2.62. The van der Waals surface area contributed by atoms with Gasteiger partial charge in [-0.2, -0.15) is 13.2 Å². The average Bonchev–Trinajstić information content (AvgIpc) is 3.12. The third kappa shape index (κ3) is 4.86. The Bertz CT molecular complexity index is 686. The van der Waals surface area contributed by atoms with Crippen molar-refractivity contribution in [2.24, 2.45) is 0 Å². The molecule has 0 bridgehead atoms. The lowest BCUT2D eigenvalue weighted by atomic mass is 10.1. The number of hydrazine groups is 1. The molecule has 3 rings (SSSR count). The third-order valence-corrected chi connectivity index (χ3v) is 3.90. The summed E-state index contributed by atoms with van der Waals surface area (Å²) in [5, 5.41) is 2.97. The Kier molecular flexibility index (Phi) is 5.44. The van der Waals surface area contributed by atoms with Gasteiger partial charge in [-0.1, -0.05) is 0 Å². The first-order valence-corrected chi connectivity index (χ1v) is 8.11. The lowest BCUT2D eigenvalue weighted by Gasteiger charge is -2.13. The summed E-state index contributed by atoms with van der Waals surface area (Å²) in [6.07, 6.45) is 1.27. The van der Waals surface area contributed by atoms with Crippen molar-refractivity contribution in [2.45, 2.75) is 31.5 Å². The normalized spacial score (nSPS) is 17.6. The number of hydrogen-bond acceptors (Lipinski definition) is 6. The van der Waals surface area contributed by atoms with E-state index < -0.39 is 11.9 Å². The van der Waals surface area contributed by atoms with Gasteiger partial charge in [0.25, 0.3) is 0 Å². The number of alkyl halides is 3. The van der Waals surface area contributed by atoms with Crippen molar-refractivity contribution in [3.05, 3.63) is 36.3 Å². The number of nitrogens with zero attached hydrogens (tertiary/aromatic N) is 3. The van der Waals surface area contributed by atoms with E-state index in [-0.39, 0.29) is 11.6 Å². The molecule has 2 aromatic rings. The molecule has 134 valence electrons. The first-order valence-electron chi connectivity index (χ1n) is 8.11. The summed E-state index contributed by atoms with van der Waals surface area (Å²) in [4.78, 5) is 11.7. The van der Waals surface area contributed by atoms with Gasteiger partial charge in [0.05, 0.1) is 0 Å². The second kappa shape index (κ2) is 7.75. The third-order valence-electron chi connectivity index (χ3n) is 3.90. The van der Waals surface area contributed by atoms with E-state index in [0.29, 0.717) is 18.2 Å². The molecule has 0 aromatic carbocycles. The molecule has 9 heteroatoms. The quantitative estimate of drug-likeness (QED) is 0.694. The smallest absolute Gasteiger partial charge is 0.370 e. The minimum atomic E-state index is -4.53. The van der Waals surface area contributed by atoms with Crippen molar-refractivity contribution in [3.8, 4) is 11.4 Å². The van der Waals surface area contributed by atoms with Crippen LogP contribution in [0.15, 0.2) is 30.6 Å². The number of hydrogen-bond donors (Lipinski definition) is 3. The molecule has 0 amide bonds. The molecule has 0 spiro atoms. The fraction of sp³-hybridized carbons (Fsp3) is 0.438. The standard InChI is InChI=1S/C16H19F3N6/c17-16(18,19)13-9-14(21-7-2-4-12-5-8-22-25-12)24-15(23-13)11-3-1-6-20-10-11/h1,3,6,9-10,12,22,25H,2,4-5,7-8H2,(H,21,23,24). The highest BCUT2D eigenvalue weighted by molar-refractivity contribution is 5.56. The van der Waals surface area contributed by atoms with Gasteiger partial charge in [0.1, 0.15) is 5.82 Å². The highest BCUT2D eigenvalue weighted by Gasteiger charge is 2.33. The van der Waals surface area contributed by atoms with Crippen molar-refractivity contribution in [2.75, 3.05) is 18.4 Å². The van der Waals surface area contributed by atoms with E-state index in [1.54, 1.807) is 18.3 Å². The Labute approximate surface area is 143 Å². The van der Waals surface area contributed by atoms with Gasteiger partial charge >= 0.3 is 6.18 Å². The predicted molar refractivity (Wildman–Crippen MR) is 87.5 cm³/mol. The van der Waals surface area contributed by atoms with Crippen LogP contribution in [-0.2, 0) is 6.18 Å². The maximum atomic E-state index is 13.1. The molecule has 0 saturated carbocycles. The molecule has 1 atom stereocenters. The zero-order valence-corrected chi connectivity index (χ0v) is 13.5. The van der Waals surface area contributed by atoms with Crippen LogP contribution in [0.3, 0.4) is 0 Å². The summed E-state index contributed by atoms with van der Waals surface area (Å²) >= 11 is 0.